The highest BCUT2D eigenvalue weighted by Crippen LogP contribution is 2.39. The van der Waals surface area contributed by atoms with Gasteiger partial charge in [0.05, 0.1) is 33.3 Å². The Morgan fingerprint density at radius 3 is 2.22 bits per heavy atom. The molecule has 0 aliphatic carbocycles. The first kappa shape index (κ1) is 23.3. The maximum absolute atomic E-state index is 5.11. The summed E-state index contributed by atoms with van der Waals surface area (Å²) in [5.74, 6) is 0.854. The second-order valence-corrected chi connectivity index (χ2v) is 10.2. The van der Waals surface area contributed by atoms with Gasteiger partial charge in [0.25, 0.3) is 0 Å². The van der Waals surface area contributed by atoms with Gasteiger partial charge in [0.1, 0.15) is 11.5 Å². The maximum atomic E-state index is 5.11. The molecule has 0 N–H and O–H groups in total. The molecule has 5 nitrogen and oxygen atoms in total. The summed E-state index contributed by atoms with van der Waals surface area (Å²) in [6.45, 7) is 4.00. The van der Waals surface area contributed by atoms with Gasteiger partial charge < -0.3 is 0 Å². The first-order valence-electron chi connectivity index (χ1n) is 13.6. The molecule has 194 valence electrons. The number of hydrogen-bond donors (Lipinski definition) is 0. The maximum Gasteiger partial charge on any atom is 0.146 e. The molecule has 0 amide bonds. The Labute approximate surface area is 236 Å². The molecule has 4 aromatic heterocycles. The number of aliphatic imine (C=N–C) groups is 1. The van der Waals surface area contributed by atoms with E-state index in [4.69, 9.17) is 9.97 Å². The summed E-state index contributed by atoms with van der Waals surface area (Å²) in [6, 6.07) is 36.3. The predicted octanol–water partition coefficient (Wildman–Crippen LogP) is 8.56. The molecule has 0 fully saturated rings. The number of aromatic nitrogens is 4. The van der Waals surface area contributed by atoms with Crippen LogP contribution >= 0.6 is 0 Å². The highest BCUT2D eigenvalue weighted by Gasteiger charge is 2.19. The van der Waals surface area contributed by atoms with Crippen molar-refractivity contribution < 1.29 is 0 Å². The van der Waals surface area contributed by atoms with Crippen molar-refractivity contribution >= 4 is 71.9 Å². The van der Waals surface area contributed by atoms with Gasteiger partial charge in [-0.15, -0.1) is 0 Å². The summed E-state index contributed by atoms with van der Waals surface area (Å²) in [5.41, 5.74) is 8.20. The molecule has 0 unspecified atom stereocenters. The van der Waals surface area contributed by atoms with E-state index in [-0.39, 0.29) is 0 Å². The van der Waals surface area contributed by atoms with Crippen LogP contribution in [0.15, 0.2) is 127 Å². The normalized spacial score (nSPS) is 12.7. The van der Waals surface area contributed by atoms with Crippen molar-refractivity contribution in [3.05, 3.63) is 128 Å². The van der Waals surface area contributed by atoms with Crippen LogP contribution in [0.3, 0.4) is 0 Å². The van der Waals surface area contributed by atoms with Crippen molar-refractivity contribution in [2.24, 2.45) is 4.99 Å². The lowest BCUT2D eigenvalue weighted by Crippen LogP contribution is -2.00. The van der Waals surface area contributed by atoms with E-state index in [9.17, 15) is 0 Å². The third kappa shape index (κ3) is 3.39. The largest absolute Gasteiger partial charge is 0.296 e. The highest BCUT2D eigenvalue weighted by molar-refractivity contribution is 6.20. The highest BCUT2D eigenvalue weighted by atomic mass is 15.1. The third-order valence-corrected chi connectivity index (χ3v) is 7.93. The fourth-order valence-corrected chi connectivity index (χ4v) is 6.14. The summed E-state index contributed by atoms with van der Waals surface area (Å²) in [7, 11) is 1.76. The first-order valence-corrected chi connectivity index (χ1v) is 13.6. The lowest BCUT2D eigenvalue weighted by atomic mass is 10.0. The molecule has 0 aliphatic heterocycles. The van der Waals surface area contributed by atoms with Gasteiger partial charge in [0, 0.05) is 40.4 Å². The van der Waals surface area contributed by atoms with Crippen LogP contribution in [-0.2, 0) is 0 Å². The summed E-state index contributed by atoms with van der Waals surface area (Å²) in [5, 5.41) is 5.85. The number of fused-ring (bicyclic) bond motifs is 11. The molecule has 8 rings (SSSR count). The number of imidazole rings is 1. The van der Waals surface area contributed by atoms with E-state index in [0.29, 0.717) is 0 Å². The second-order valence-electron chi connectivity index (χ2n) is 10.2. The van der Waals surface area contributed by atoms with E-state index in [1.54, 1.807) is 13.3 Å². The van der Waals surface area contributed by atoms with Gasteiger partial charge in [-0.05, 0) is 53.9 Å². The van der Waals surface area contributed by atoms with Gasteiger partial charge in [0.2, 0.25) is 0 Å². The first-order chi connectivity index (χ1) is 20.3. The van der Waals surface area contributed by atoms with Crippen LogP contribution in [-0.4, -0.2) is 32.2 Å². The molecule has 0 bridgehead atoms. The number of allylic oxidation sites excluding steroid dienone is 3. The molecular weight excluding hydrogens is 502 g/mol. The zero-order valence-corrected chi connectivity index (χ0v) is 22.5. The van der Waals surface area contributed by atoms with Gasteiger partial charge in [0.15, 0.2) is 0 Å². The second kappa shape index (κ2) is 9.00. The summed E-state index contributed by atoms with van der Waals surface area (Å²) in [6.07, 6.45) is 5.52. The van der Waals surface area contributed by atoms with Crippen LogP contribution in [0, 0.1) is 0 Å². The monoisotopic (exact) mass is 527 g/mol. The smallest absolute Gasteiger partial charge is 0.146 e. The van der Waals surface area contributed by atoms with Crippen molar-refractivity contribution in [2.45, 2.75) is 0 Å². The predicted molar refractivity (Wildman–Crippen MR) is 172 cm³/mol. The minimum absolute atomic E-state index is 0.848. The molecule has 0 radical (unpaired) electrons. The number of pyridine rings is 2. The van der Waals surface area contributed by atoms with E-state index in [0.717, 1.165) is 55.7 Å². The minimum Gasteiger partial charge on any atom is -0.296 e. The van der Waals surface area contributed by atoms with Crippen molar-refractivity contribution in [3.8, 4) is 5.82 Å². The summed E-state index contributed by atoms with van der Waals surface area (Å²) in [4.78, 5) is 14.3. The summed E-state index contributed by atoms with van der Waals surface area (Å²) < 4.78 is 4.58. The standard InChI is InChI=1S/C36H25N5/c1-3-23(19-20-37-2)29-15-10-18-35(38-29)40-31-16-8-6-12-25(31)28-22-34-27(21-33(28)40)24-11-4-5-13-26(24)36-39-30-14-7-9-17-32(30)41(34)36/h3-22H,1H2,2H3/b23-19+,37-20?. The molecule has 8 aromatic rings. The zero-order chi connectivity index (χ0) is 27.5. The van der Waals surface area contributed by atoms with Gasteiger partial charge in [-0.2, -0.15) is 0 Å². The lowest BCUT2D eigenvalue weighted by molar-refractivity contribution is 1.07. The molecule has 0 saturated heterocycles. The van der Waals surface area contributed by atoms with Crippen LogP contribution < -0.4 is 0 Å². The Kier molecular flexibility index (Phi) is 5.12. The van der Waals surface area contributed by atoms with Gasteiger partial charge in [-0.3, -0.25) is 14.0 Å². The van der Waals surface area contributed by atoms with Gasteiger partial charge in [-0.25, -0.2) is 9.97 Å². The Bertz CT molecular complexity index is 2400. The lowest BCUT2D eigenvalue weighted by Gasteiger charge is -2.12. The number of para-hydroxylation sites is 3. The fourth-order valence-electron chi connectivity index (χ4n) is 6.14. The molecular formula is C36H25N5. The molecule has 5 heteroatoms. The van der Waals surface area contributed by atoms with Crippen LogP contribution in [0.1, 0.15) is 5.69 Å². The van der Waals surface area contributed by atoms with E-state index in [1.807, 2.05) is 24.3 Å². The number of benzene rings is 4. The average molecular weight is 528 g/mol. The topological polar surface area (TPSA) is 47.5 Å². The van der Waals surface area contributed by atoms with Crippen LogP contribution in [0.5, 0.6) is 0 Å². The molecule has 0 atom stereocenters. The molecule has 4 aromatic carbocycles. The quantitative estimate of drug-likeness (QED) is 0.131. The summed E-state index contributed by atoms with van der Waals surface area (Å²) >= 11 is 0. The Morgan fingerprint density at radius 1 is 0.683 bits per heavy atom. The Balaban J connectivity index is 1.53. The van der Waals surface area contributed by atoms with E-state index >= 15 is 0 Å². The number of hydrogen-bond acceptors (Lipinski definition) is 3. The minimum atomic E-state index is 0.848. The van der Waals surface area contributed by atoms with Crippen molar-refractivity contribution in [1.29, 1.82) is 0 Å². The average Bonchev–Trinajstić information content (AvgIpc) is 3.57. The number of rotatable bonds is 4. The van der Waals surface area contributed by atoms with Gasteiger partial charge in [-0.1, -0.05) is 73.3 Å². The van der Waals surface area contributed by atoms with Crippen LogP contribution in [0.4, 0.5) is 0 Å². The molecule has 41 heavy (non-hydrogen) atoms. The van der Waals surface area contributed by atoms with Gasteiger partial charge >= 0.3 is 0 Å². The van der Waals surface area contributed by atoms with E-state index < -0.39 is 0 Å². The third-order valence-electron chi connectivity index (χ3n) is 7.93. The fraction of sp³-hybridized carbons (Fsp3) is 0.0278. The van der Waals surface area contributed by atoms with Crippen LogP contribution in [0.25, 0.3) is 71.6 Å². The van der Waals surface area contributed by atoms with Crippen LogP contribution in [0.2, 0.25) is 0 Å². The molecule has 0 spiro atoms. The zero-order valence-electron chi connectivity index (χ0n) is 22.5. The van der Waals surface area contributed by atoms with Crippen molar-refractivity contribution in [1.82, 2.24) is 18.9 Å². The number of nitrogens with zero attached hydrogens (tertiary/aromatic N) is 5. The SMILES string of the molecule is C=C/C(=C\C=NC)c1cccc(-n2c3ccccc3c3cc4c(cc32)c2ccccc2c2nc3ccccc3n42)n1. The van der Waals surface area contributed by atoms with E-state index in [2.05, 4.69) is 112 Å². The van der Waals surface area contributed by atoms with Crippen molar-refractivity contribution in [3.63, 3.8) is 0 Å². The molecule has 0 aliphatic rings. The molecule has 4 heterocycles. The van der Waals surface area contributed by atoms with E-state index in [1.165, 1.54) is 21.5 Å². The Hall–Kier alpha value is -5.55. The van der Waals surface area contributed by atoms with Crippen molar-refractivity contribution in [2.75, 3.05) is 7.05 Å². The Morgan fingerprint density at radius 2 is 1.39 bits per heavy atom. The molecule has 0 saturated carbocycles.